The van der Waals surface area contributed by atoms with Crippen LogP contribution in [0.1, 0.15) is 11.1 Å². The molecule has 0 atom stereocenters. The number of carbonyl (C=O) groups is 2. The van der Waals surface area contributed by atoms with Gasteiger partial charge in [0.2, 0.25) is 0 Å². The van der Waals surface area contributed by atoms with Crippen molar-refractivity contribution < 1.29 is 14.7 Å². The highest BCUT2D eigenvalue weighted by Gasteiger charge is 2.23. The second-order valence-electron chi connectivity index (χ2n) is 5.10. The molecule has 22 heavy (non-hydrogen) atoms. The van der Waals surface area contributed by atoms with Crippen molar-refractivity contribution >= 4 is 36.3 Å². The first-order chi connectivity index (χ1) is 9.95. The van der Waals surface area contributed by atoms with Crippen LogP contribution in [0.4, 0.5) is 10.6 Å². The van der Waals surface area contributed by atoms with Crippen molar-refractivity contribution in [2.24, 2.45) is 0 Å². The number of hydrogen-bond donors (Lipinski definition) is 2. The van der Waals surface area contributed by atoms with Gasteiger partial charge in [-0.05, 0) is 31.8 Å². The SMILES string of the molecule is CN(C)CCN1Cc2cc(/C=C/C(=O)O)cnc2NC1=O.Cl. The maximum atomic E-state index is 11.9. The zero-order valence-electron chi connectivity index (χ0n) is 12.4. The summed E-state index contributed by atoms with van der Waals surface area (Å²) in [5.41, 5.74) is 1.57. The zero-order valence-corrected chi connectivity index (χ0v) is 13.3. The van der Waals surface area contributed by atoms with E-state index >= 15 is 0 Å². The number of likely N-dealkylation sites (N-methyl/N-ethyl adjacent to an activating group) is 1. The first kappa shape index (κ1) is 17.9. The number of amides is 2. The van der Waals surface area contributed by atoms with E-state index < -0.39 is 5.97 Å². The lowest BCUT2D eigenvalue weighted by atomic mass is 10.1. The number of hydrogen-bond acceptors (Lipinski definition) is 4. The number of carboxylic acids is 1. The summed E-state index contributed by atoms with van der Waals surface area (Å²) in [6.45, 7) is 1.86. The van der Waals surface area contributed by atoms with Crippen molar-refractivity contribution in [1.29, 1.82) is 0 Å². The first-order valence-corrected chi connectivity index (χ1v) is 6.56. The van der Waals surface area contributed by atoms with Gasteiger partial charge in [0, 0.05) is 30.9 Å². The Bertz CT molecular complexity index is 589. The van der Waals surface area contributed by atoms with Crippen LogP contribution in [0.3, 0.4) is 0 Å². The molecule has 0 saturated heterocycles. The molecule has 2 rings (SSSR count). The minimum absolute atomic E-state index is 0. The third kappa shape index (κ3) is 4.71. The number of carboxylic acid groups (broad SMARTS) is 1. The van der Waals surface area contributed by atoms with Gasteiger partial charge in [-0.3, -0.25) is 5.32 Å². The largest absolute Gasteiger partial charge is 0.478 e. The van der Waals surface area contributed by atoms with E-state index in [1.807, 2.05) is 25.1 Å². The highest BCUT2D eigenvalue weighted by molar-refractivity contribution is 5.91. The average molecular weight is 327 g/mol. The molecule has 2 N–H and O–H groups in total. The Morgan fingerprint density at radius 1 is 1.55 bits per heavy atom. The monoisotopic (exact) mass is 326 g/mol. The van der Waals surface area contributed by atoms with E-state index in [9.17, 15) is 9.59 Å². The number of rotatable bonds is 5. The molecule has 1 aromatic rings. The Morgan fingerprint density at radius 3 is 2.91 bits per heavy atom. The highest BCUT2D eigenvalue weighted by atomic mass is 35.5. The fourth-order valence-corrected chi connectivity index (χ4v) is 1.98. The summed E-state index contributed by atoms with van der Waals surface area (Å²) in [6, 6.07) is 1.68. The van der Waals surface area contributed by atoms with Gasteiger partial charge in [0.15, 0.2) is 0 Å². The number of nitrogens with one attached hydrogen (secondary N) is 1. The number of urea groups is 1. The van der Waals surface area contributed by atoms with E-state index in [-0.39, 0.29) is 18.4 Å². The summed E-state index contributed by atoms with van der Waals surface area (Å²) in [5, 5.41) is 11.4. The molecule has 0 radical (unpaired) electrons. The van der Waals surface area contributed by atoms with E-state index in [1.165, 1.54) is 12.3 Å². The molecular weight excluding hydrogens is 308 g/mol. The van der Waals surface area contributed by atoms with Crippen LogP contribution in [0, 0.1) is 0 Å². The summed E-state index contributed by atoms with van der Waals surface area (Å²) in [6.07, 6.45) is 4.08. The molecule has 1 aromatic heterocycles. The molecule has 0 unspecified atom stereocenters. The zero-order chi connectivity index (χ0) is 15.4. The molecule has 0 fully saturated rings. The summed E-state index contributed by atoms with van der Waals surface area (Å²) in [4.78, 5) is 30.3. The Hall–Kier alpha value is -2.12. The lowest BCUT2D eigenvalue weighted by Gasteiger charge is -2.29. The Morgan fingerprint density at radius 2 is 2.27 bits per heavy atom. The normalized spacial score (nSPS) is 13.8. The third-order valence-electron chi connectivity index (χ3n) is 3.10. The molecular formula is C14H19ClN4O3. The van der Waals surface area contributed by atoms with Crippen LogP contribution in [-0.4, -0.2) is 59.1 Å². The molecule has 1 aliphatic heterocycles. The lowest BCUT2D eigenvalue weighted by Crippen LogP contribution is -2.42. The van der Waals surface area contributed by atoms with Crippen LogP contribution < -0.4 is 5.32 Å². The Kier molecular flexibility index (Phi) is 6.33. The van der Waals surface area contributed by atoms with Gasteiger partial charge in [0.25, 0.3) is 0 Å². The molecule has 0 aromatic carbocycles. The van der Waals surface area contributed by atoms with E-state index in [1.54, 1.807) is 4.90 Å². The number of fused-ring (bicyclic) bond motifs is 1. The number of pyridine rings is 1. The van der Waals surface area contributed by atoms with Crippen molar-refractivity contribution in [3.8, 4) is 0 Å². The number of carbonyl (C=O) groups excluding carboxylic acids is 1. The molecule has 0 bridgehead atoms. The Balaban J connectivity index is 0.00000242. The first-order valence-electron chi connectivity index (χ1n) is 6.56. The molecule has 1 aliphatic rings. The number of anilines is 1. The smallest absolute Gasteiger partial charge is 0.328 e. The van der Waals surface area contributed by atoms with Gasteiger partial charge in [-0.25, -0.2) is 14.6 Å². The molecule has 0 spiro atoms. The maximum Gasteiger partial charge on any atom is 0.328 e. The van der Waals surface area contributed by atoms with Crippen LogP contribution in [0.5, 0.6) is 0 Å². The van der Waals surface area contributed by atoms with Crippen molar-refractivity contribution in [1.82, 2.24) is 14.8 Å². The minimum atomic E-state index is -1.01. The second-order valence-corrected chi connectivity index (χ2v) is 5.10. The standard InChI is InChI=1S/C14H18N4O3.ClH/c1-17(2)5-6-18-9-11-7-10(3-4-12(19)20)8-15-13(11)16-14(18)21;/h3-4,7-8H,5-6,9H2,1-2H3,(H,19,20)(H,15,16,21);1H/b4-3+;. The highest BCUT2D eigenvalue weighted by Crippen LogP contribution is 2.22. The van der Waals surface area contributed by atoms with Crippen LogP contribution >= 0.6 is 12.4 Å². The molecule has 0 saturated carbocycles. The van der Waals surface area contributed by atoms with Gasteiger partial charge < -0.3 is 14.9 Å². The maximum absolute atomic E-state index is 11.9. The quantitative estimate of drug-likeness (QED) is 0.801. The van der Waals surface area contributed by atoms with E-state index in [0.717, 1.165) is 18.2 Å². The molecule has 7 nitrogen and oxygen atoms in total. The van der Waals surface area contributed by atoms with Crippen molar-refractivity contribution in [3.63, 3.8) is 0 Å². The van der Waals surface area contributed by atoms with E-state index in [4.69, 9.17) is 5.11 Å². The lowest BCUT2D eigenvalue weighted by molar-refractivity contribution is -0.131. The molecule has 0 aliphatic carbocycles. The summed E-state index contributed by atoms with van der Waals surface area (Å²) >= 11 is 0. The molecule has 8 heteroatoms. The number of nitrogens with zero attached hydrogens (tertiary/aromatic N) is 3. The van der Waals surface area contributed by atoms with Gasteiger partial charge >= 0.3 is 12.0 Å². The molecule has 2 heterocycles. The third-order valence-corrected chi connectivity index (χ3v) is 3.10. The van der Waals surface area contributed by atoms with E-state index in [2.05, 4.69) is 10.3 Å². The summed E-state index contributed by atoms with van der Waals surface area (Å²) in [5.74, 6) is -0.470. The van der Waals surface area contributed by atoms with Gasteiger partial charge in [-0.1, -0.05) is 0 Å². The van der Waals surface area contributed by atoms with Crippen molar-refractivity contribution in [3.05, 3.63) is 29.5 Å². The summed E-state index contributed by atoms with van der Waals surface area (Å²) < 4.78 is 0. The van der Waals surface area contributed by atoms with Crippen LogP contribution in [0.2, 0.25) is 0 Å². The van der Waals surface area contributed by atoms with Gasteiger partial charge in [-0.15, -0.1) is 12.4 Å². The predicted octanol–water partition coefficient (Wildman–Crippen LogP) is 1.51. The van der Waals surface area contributed by atoms with Gasteiger partial charge in [0.05, 0.1) is 6.54 Å². The number of aromatic nitrogens is 1. The summed E-state index contributed by atoms with van der Waals surface area (Å²) in [7, 11) is 3.90. The van der Waals surface area contributed by atoms with Crippen LogP contribution in [0.15, 0.2) is 18.3 Å². The minimum Gasteiger partial charge on any atom is -0.478 e. The second kappa shape index (κ2) is 7.77. The van der Waals surface area contributed by atoms with Gasteiger partial charge in [-0.2, -0.15) is 0 Å². The molecule has 120 valence electrons. The number of aliphatic carboxylic acids is 1. The Labute approximate surface area is 135 Å². The predicted molar refractivity (Wildman–Crippen MR) is 86.1 cm³/mol. The fourth-order valence-electron chi connectivity index (χ4n) is 1.98. The van der Waals surface area contributed by atoms with Crippen molar-refractivity contribution in [2.75, 3.05) is 32.5 Å². The van der Waals surface area contributed by atoms with Gasteiger partial charge in [0.1, 0.15) is 5.82 Å². The topological polar surface area (TPSA) is 85.8 Å². The fraction of sp³-hybridized carbons (Fsp3) is 0.357. The van der Waals surface area contributed by atoms with Crippen LogP contribution in [-0.2, 0) is 11.3 Å². The van der Waals surface area contributed by atoms with Crippen molar-refractivity contribution in [2.45, 2.75) is 6.54 Å². The van der Waals surface area contributed by atoms with Crippen LogP contribution in [0.25, 0.3) is 6.08 Å². The number of halogens is 1. The average Bonchev–Trinajstić information content (AvgIpc) is 2.42. The van der Waals surface area contributed by atoms with E-state index in [0.29, 0.717) is 24.5 Å². The molecule has 2 amide bonds.